The summed E-state index contributed by atoms with van der Waals surface area (Å²) >= 11 is 0. The van der Waals surface area contributed by atoms with E-state index in [2.05, 4.69) is 44.3 Å². The molecular weight excluding hydrogens is 218 g/mol. The molecule has 0 fully saturated rings. The topological polar surface area (TPSA) is 12.0 Å². The molecule has 1 nitrogen and oxygen atoms in total. The molecule has 0 heterocycles. The summed E-state index contributed by atoms with van der Waals surface area (Å²) in [5, 5.41) is 3.55. The van der Waals surface area contributed by atoms with Crippen molar-refractivity contribution >= 4 is 0 Å². The van der Waals surface area contributed by atoms with Crippen molar-refractivity contribution in [1.82, 2.24) is 5.32 Å². The Bertz CT molecular complexity index is 393. The van der Waals surface area contributed by atoms with Crippen LogP contribution in [0.3, 0.4) is 0 Å². The summed E-state index contributed by atoms with van der Waals surface area (Å²) in [5.41, 5.74) is 5.05. The second-order valence-corrected chi connectivity index (χ2v) is 6.47. The fraction of sp³-hybridized carbons (Fsp3) is 0.647. The van der Waals surface area contributed by atoms with Gasteiger partial charge in [0.25, 0.3) is 0 Å². The normalized spacial score (nSPS) is 14.8. The molecular formula is C17H27N. The van der Waals surface area contributed by atoms with Gasteiger partial charge in [0.2, 0.25) is 0 Å². The van der Waals surface area contributed by atoms with Crippen LogP contribution in [0.5, 0.6) is 0 Å². The Morgan fingerprint density at radius 3 is 2.72 bits per heavy atom. The summed E-state index contributed by atoms with van der Waals surface area (Å²) in [7, 11) is 0. The van der Waals surface area contributed by atoms with Crippen LogP contribution in [0.1, 0.15) is 50.3 Å². The van der Waals surface area contributed by atoms with Crippen molar-refractivity contribution in [3.8, 4) is 0 Å². The maximum absolute atomic E-state index is 3.55. The van der Waals surface area contributed by atoms with Crippen LogP contribution in [-0.4, -0.2) is 13.1 Å². The lowest BCUT2D eigenvalue weighted by Crippen LogP contribution is -2.31. The van der Waals surface area contributed by atoms with Gasteiger partial charge in [0.1, 0.15) is 0 Å². The van der Waals surface area contributed by atoms with Crippen molar-refractivity contribution < 1.29 is 0 Å². The fourth-order valence-corrected chi connectivity index (χ4v) is 2.95. The minimum absolute atomic E-state index is 0.349. The van der Waals surface area contributed by atoms with E-state index in [-0.39, 0.29) is 0 Å². The predicted octanol–water partition coefficient (Wildman–Crippen LogP) is 3.74. The number of aryl methyl sites for hydroxylation is 2. The van der Waals surface area contributed by atoms with E-state index in [9.17, 15) is 0 Å². The molecule has 0 unspecified atom stereocenters. The number of benzene rings is 1. The molecule has 1 aliphatic carbocycles. The zero-order valence-electron chi connectivity index (χ0n) is 12.2. The van der Waals surface area contributed by atoms with E-state index >= 15 is 0 Å². The van der Waals surface area contributed by atoms with Gasteiger partial charge in [-0.25, -0.2) is 0 Å². The molecule has 0 spiro atoms. The lowest BCUT2D eigenvalue weighted by molar-refractivity contribution is 0.339. The molecule has 0 saturated carbocycles. The summed E-state index contributed by atoms with van der Waals surface area (Å²) in [5.74, 6) is 0. The van der Waals surface area contributed by atoms with Gasteiger partial charge < -0.3 is 5.32 Å². The average molecular weight is 245 g/mol. The van der Waals surface area contributed by atoms with Crippen molar-refractivity contribution in [3.05, 3.63) is 34.9 Å². The summed E-state index contributed by atoms with van der Waals surface area (Å²) in [4.78, 5) is 0. The van der Waals surface area contributed by atoms with Gasteiger partial charge >= 0.3 is 0 Å². The van der Waals surface area contributed by atoms with E-state index in [1.54, 1.807) is 11.1 Å². The fourth-order valence-electron chi connectivity index (χ4n) is 2.95. The first kappa shape index (κ1) is 13.6. The van der Waals surface area contributed by atoms with Crippen LogP contribution in [0.25, 0.3) is 0 Å². The molecule has 0 saturated heterocycles. The third-order valence-electron chi connectivity index (χ3n) is 3.88. The summed E-state index contributed by atoms with van der Waals surface area (Å²) in [6.07, 6.45) is 6.32. The van der Waals surface area contributed by atoms with Crippen molar-refractivity contribution in [3.63, 3.8) is 0 Å². The number of rotatable bonds is 6. The molecule has 0 amide bonds. The molecule has 100 valence electrons. The molecule has 0 radical (unpaired) electrons. The van der Waals surface area contributed by atoms with Gasteiger partial charge in [0, 0.05) is 6.54 Å². The van der Waals surface area contributed by atoms with E-state index < -0.39 is 0 Å². The zero-order chi connectivity index (χ0) is 13.0. The highest BCUT2D eigenvalue weighted by Crippen LogP contribution is 2.26. The van der Waals surface area contributed by atoms with Gasteiger partial charge in [-0.3, -0.25) is 0 Å². The standard InChI is InChI=1S/C17H27N/c1-4-10-18-13-17(2,3)12-14-8-9-15-6-5-7-16(15)11-14/h8-9,11,18H,4-7,10,12-13H2,1-3H3. The van der Waals surface area contributed by atoms with Crippen LogP contribution in [0.2, 0.25) is 0 Å². The predicted molar refractivity (Wildman–Crippen MR) is 79.1 cm³/mol. The Morgan fingerprint density at radius 1 is 1.17 bits per heavy atom. The Morgan fingerprint density at radius 2 is 1.94 bits per heavy atom. The molecule has 0 aromatic heterocycles. The highest BCUT2D eigenvalue weighted by molar-refractivity contribution is 5.35. The zero-order valence-corrected chi connectivity index (χ0v) is 12.2. The number of hydrogen-bond acceptors (Lipinski definition) is 1. The first-order valence-electron chi connectivity index (χ1n) is 7.42. The van der Waals surface area contributed by atoms with Crippen molar-refractivity contribution in [2.45, 2.75) is 52.9 Å². The Balaban J connectivity index is 1.95. The van der Waals surface area contributed by atoms with E-state index in [4.69, 9.17) is 0 Å². The van der Waals surface area contributed by atoms with E-state index in [1.807, 2.05) is 0 Å². The first-order valence-corrected chi connectivity index (χ1v) is 7.42. The maximum atomic E-state index is 3.55. The number of hydrogen-bond donors (Lipinski definition) is 1. The smallest absolute Gasteiger partial charge is 0.000570 e. The van der Waals surface area contributed by atoms with Gasteiger partial charge in [-0.15, -0.1) is 0 Å². The van der Waals surface area contributed by atoms with Crippen LogP contribution >= 0.6 is 0 Å². The van der Waals surface area contributed by atoms with Crippen LogP contribution in [0.4, 0.5) is 0 Å². The Hall–Kier alpha value is -0.820. The highest BCUT2D eigenvalue weighted by atomic mass is 14.9. The first-order chi connectivity index (χ1) is 8.61. The molecule has 0 bridgehead atoms. The lowest BCUT2D eigenvalue weighted by atomic mass is 9.85. The van der Waals surface area contributed by atoms with Crippen LogP contribution in [0, 0.1) is 5.41 Å². The molecule has 2 rings (SSSR count). The SMILES string of the molecule is CCCNCC(C)(C)Cc1ccc2c(c1)CCC2. The Kier molecular flexibility index (Phi) is 4.45. The van der Waals surface area contributed by atoms with Gasteiger partial charge in [-0.2, -0.15) is 0 Å². The van der Waals surface area contributed by atoms with E-state index in [0.717, 1.165) is 13.1 Å². The summed E-state index contributed by atoms with van der Waals surface area (Å²) in [6, 6.07) is 7.14. The maximum Gasteiger partial charge on any atom is 0.000570 e. The molecule has 1 N–H and O–H groups in total. The van der Waals surface area contributed by atoms with E-state index in [1.165, 1.54) is 37.7 Å². The molecule has 1 aromatic carbocycles. The van der Waals surface area contributed by atoms with Gasteiger partial charge in [-0.05, 0) is 60.8 Å². The quantitative estimate of drug-likeness (QED) is 0.753. The van der Waals surface area contributed by atoms with E-state index in [0.29, 0.717) is 5.41 Å². The summed E-state index contributed by atoms with van der Waals surface area (Å²) < 4.78 is 0. The number of nitrogens with one attached hydrogen (secondary N) is 1. The molecule has 1 aromatic rings. The third kappa shape index (κ3) is 3.58. The van der Waals surface area contributed by atoms with Crippen LogP contribution < -0.4 is 5.32 Å². The average Bonchev–Trinajstić information content (AvgIpc) is 2.75. The summed E-state index contributed by atoms with van der Waals surface area (Å²) in [6.45, 7) is 9.19. The molecule has 0 atom stereocenters. The minimum Gasteiger partial charge on any atom is -0.316 e. The van der Waals surface area contributed by atoms with Crippen molar-refractivity contribution in [2.24, 2.45) is 5.41 Å². The second kappa shape index (κ2) is 5.88. The van der Waals surface area contributed by atoms with Gasteiger partial charge in [0.15, 0.2) is 0 Å². The van der Waals surface area contributed by atoms with Crippen molar-refractivity contribution in [1.29, 1.82) is 0 Å². The largest absolute Gasteiger partial charge is 0.316 e. The van der Waals surface area contributed by atoms with Crippen LogP contribution in [-0.2, 0) is 19.3 Å². The lowest BCUT2D eigenvalue weighted by Gasteiger charge is -2.25. The van der Waals surface area contributed by atoms with Gasteiger partial charge in [0.05, 0.1) is 0 Å². The minimum atomic E-state index is 0.349. The molecule has 0 aliphatic heterocycles. The molecule has 1 aliphatic rings. The van der Waals surface area contributed by atoms with Gasteiger partial charge in [-0.1, -0.05) is 39.0 Å². The second-order valence-electron chi connectivity index (χ2n) is 6.47. The molecule has 18 heavy (non-hydrogen) atoms. The van der Waals surface area contributed by atoms with Crippen LogP contribution in [0.15, 0.2) is 18.2 Å². The Labute approximate surface area is 112 Å². The third-order valence-corrected chi connectivity index (χ3v) is 3.88. The van der Waals surface area contributed by atoms with Crippen molar-refractivity contribution in [2.75, 3.05) is 13.1 Å². The number of fused-ring (bicyclic) bond motifs is 1. The highest BCUT2D eigenvalue weighted by Gasteiger charge is 2.19. The molecule has 1 heteroatoms. The monoisotopic (exact) mass is 245 g/mol.